The van der Waals surface area contributed by atoms with Gasteiger partial charge in [-0.15, -0.1) is 0 Å². The molecule has 4 heterocycles. The average Bonchev–Trinajstić information content (AvgIpc) is 3.84. The zero-order valence-electron chi connectivity index (χ0n) is 26.7. The topological polar surface area (TPSA) is 43.3 Å². The first-order chi connectivity index (χ1) is 24.8. The molecule has 0 radical (unpaired) electrons. The van der Waals surface area contributed by atoms with E-state index in [0.29, 0.717) is 5.82 Å². The van der Waals surface area contributed by atoms with E-state index in [-0.39, 0.29) is 0 Å². The second-order valence-corrected chi connectivity index (χ2v) is 13.3. The second kappa shape index (κ2) is 9.43. The predicted octanol–water partition coefficient (Wildman–Crippen LogP) is 12.3. The molecule has 0 spiro atoms. The number of nitrogens with zero attached hydrogens (tertiary/aromatic N) is 3. The number of aromatic nitrogens is 3. The third-order valence-corrected chi connectivity index (χ3v) is 10.7. The maximum absolute atomic E-state index is 6.52. The zero-order valence-corrected chi connectivity index (χ0v) is 26.7. The minimum absolute atomic E-state index is 0.696. The van der Waals surface area contributed by atoms with Crippen LogP contribution in [0.3, 0.4) is 0 Å². The van der Waals surface area contributed by atoms with E-state index in [1.165, 1.54) is 48.9 Å². The van der Waals surface area contributed by atoms with E-state index in [9.17, 15) is 0 Å². The van der Waals surface area contributed by atoms with Crippen molar-refractivity contribution in [2.75, 3.05) is 0 Å². The Morgan fingerprint density at radius 3 is 1.98 bits per heavy atom. The summed E-state index contributed by atoms with van der Waals surface area (Å²) in [7, 11) is 0. The number of furan rings is 1. The maximum Gasteiger partial charge on any atom is 0.160 e. The van der Waals surface area contributed by atoms with Crippen LogP contribution in [-0.4, -0.2) is 14.4 Å². The van der Waals surface area contributed by atoms with Gasteiger partial charge in [0.25, 0.3) is 0 Å². The molecule has 0 fully saturated rings. The molecule has 0 bridgehead atoms. The summed E-state index contributed by atoms with van der Waals surface area (Å²) in [6, 6.07) is 53.9. The van der Waals surface area contributed by atoms with Crippen LogP contribution in [0.5, 0.6) is 0 Å². The number of hydrogen-bond donors (Lipinski definition) is 0. The van der Waals surface area contributed by atoms with Gasteiger partial charge >= 0.3 is 0 Å². The largest absolute Gasteiger partial charge is 0.456 e. The van der Waals surface area contributed by atoms with Crippen molar-refractivity contribution in [3.05, 3.63) is 152 Å². The van der Waals surface area contributed by atoms with E-state index in [1.54, 1.807) is 0 Å². The van der Waals surface area contributed by atoms with Crippen molar-refractivity contribution in [2.24, 2.45) is 0 Å². The van der Waals surface area contributed by atoms with Gasteiger partial charge in [-0.2, -0.15) is 0 Å². The molecule has 4 heteroatoms. The Bertz CT molecular complexity index is 3370. The van der Waals surface area contributed by atoms with Crippen LogP contribution in [0.25, 0.3) is 115 Å². The van der Waals surface area contributed by atoms with Gasteiger partial charge < -0.3 is 8.82 Å². The lowest BCUT2D eigenvalue weighted by atomic mass is 9.99. The standard InChI is InChI=1S/C46H25N3O/c1-2-10-27(11-3-1)42-36-19-17-26-9-4-5-12-29(26)43(36)48-46(47-42)28-18-23-39-37(25-28)41-31-20-21-35-33-15-8-14-32-30-13-6-7-16-38(30)49(44(32)33)45(35)34(31)22-24-40(41)50-39/h1-25H. The molecule has 0 saturated carbocycles. The molecule has 0 N–H and O–H groups in total. The molecular formula is C46H25N3O. The van der Waals surface area contributed by atoms with Crippen LogP contribution in [0.2, 0.25) is 0 Å². The van der Waals surface area contributed by atoms with Gasteiger partial charge in [-0.3, -0.25) is 0 Å². The number of para-hydroxylation sites is 2. The quantitative estimate of drug-likeness (QED) is 0.178. The molecule has 4 aromatic heterocycles. The third kappa shape index (κ3) is 3.34. The van der Waals surface area contributed by atoms with Gasteiger partial charge in [0.05, 0.1) is 27.8 Å². The lowest BCUT2D eigenvalue weighted by Crippen LogP contribution is -1.96. The van der Waals surface area contributed by atoms with Crippen molar-refractivity contribution in [3.8, 4) is 22.6 Å². The summed E-state index contributed by atoms with van der Waals surface area (Å²) in [5.41, 5.74) is 9.38. The minimum Gasteiger partial charge on any atom is -0.456 e. The van der Waals surface area contributed by atoms with Gasteiger partial charge in [0, 0.05) is 59.6 Å². The smallest absolute Gasteiger partial charge is 0.160 e. The monoisotopic (exact) mass is 635 g/mol. The Labute approximate surface area is 284 Å². The molecule has 12 rings (SSSR count). The van der Waals surface area contributed by atoms with Crippen molar-refractivity contribution < 1.29 is 4.42 Å². The van der Waals surface area contributed by atoms with E-state index in [2.05, 4.69) is 150 Å². The molecule has 0 atom stereocenters. The molecule has 0 aliphatic heterocycles. The molecule has 12 aromatic rings. The van der Waals surface area contributed by atoms with E-state index in [1.807, 2.05) is 6.07 Å². The van der Waals surface area contributed by atoms with Crippen LogP contribution < -0.4 is 0 Å². The fraction of sp³-hybridized carbons (Fsp3) is 0. The summed E-state index contributed by atoms with van der Waals surface area (Å²) in [5.74, 6) is 0.696. The summed E-state index contributed by atoms with van der Waals surface area (Å²) in [5, 5.41) is 13.0. The highest BCUT2D eigenvalue weighted by Crippen LogP contribution is 2.44. The molecule has 0 aliphatic rings. The fourth-order valence-corrected chi connectivity index (χ4v) is 8.54. The van der Waals surface area contributed by atoms with Gasteiger partial charge in [-0.25, -0.2) is 9.97 Å². The van der Waals surface area contributed by atoms with Gasteiger partial charge in [-0.05, 0) is 53.2 Å². The van der Waals surface area contributed by atoms with Crippen molar-refractivity contribution >= 4 is 92.5 Å². The summed E-state index contributed by atoms with van der Waals surface area (Å²) in [6.45, 7) is 0. The van der Waals surface area contributed by atoms with Crippen LogP contribution >= 0.6 is 0 Å². The van der Waals surface area contributed by atoms with Crippen molar-refractivity contribution in [1.82, 2.24) is 14.4 Å². The summed E-state index contributed by atoms with van der Waals surface area (Å²) in [4.78, 5) is 10.5. The van der Waals surface area contributed by atoms with Gasteiger partial charge in [0.1, 0.15) is 11.2 Å². The Hall–Kier alpha value is -6.78. The van der Waals surface area contributed by atoms with Crippen molar-refractivity contribution in [2.45, 2.75) is 0 Å². The van der Waals surface area contributed by atoms with Crippen molar-refractivity contribution in [1.29, 1.82) is 0 Å². The fourth-order valence-electron chi connectivity index (χ4n) is 8.54. The minimum atomic E-state index is 0.696. The number of hydrogen-bond acceptors (Lipinski definition) is 3. The van der Waals surface area contributed by atoms with Gasteiger partial charge in [0.15, 0.2) is 5.82 Å². The second-order valence-electron chi connectivity index (χ2n) is 13.3. The number of fused-ring (bicyclic) bond motifs is 15. The van der Waals surface area contributed by atoms with Gasteiger partial charge in [-0.1, -0.05) is 109 Å². The first-order valence-electron chi connectivity index (χ1n) is 17.0. The summed E-state index contributed by atoms with van der Waals surface area (Å²) < 4.78 is 8.99. The molecule has 0 unspecified atom stereocenters. The Balaban J connectivity index is 1.16. The van der Waals surface area contributed by atoms with Crippen LogP contribution in [0.15, 0.2) is 156 Å². The van der Waals surface area contributed by atoms with E-state index in [0.717, 1.165) is 60.4 Å². The zero-order chi connectivity index (χ0) is 32.5. The molecule has 0 amide bonds. The lowest BCUT2D eigenvalue weighted by Gasteiger charge is -2.11. The normalized spacial score (nSPS) is 12.4. The predicted molar refractivity (Wildman–Crippen MR) is 207 cm³/mol. The molecule has 4 nitrogen and oxygen atoms in total. The van der Waals surface area contributed by atoms with E-state index < -0.39 is 0 Å². The molecule has 50 heavy (non-hydrogen) atoms. The van der Waals surface area contributed by atoms with Crippen LogP contribution in [0.1, 0.15) is 0 Å². The average molecular weight is 636 g/mol. The summed E-state index contributed by atoms with van der Waals surface area (Å²) >= 11 is 0. The SMILES string of the molecule is c1ccc(-c2nc(-c3ccc4oc5ccc6c(ccc7c8cccc9c%10ccccc%10n(c67)c98)c5c4c3)nc3c2ccc2ccccc23)cc1. The Morgan fingerprint density at radius 1 is 0.420 bits per heavy atom. The highest BCUT2D eigenvalue weighted by atomic mass is 16.3. The number of benzene rings is 8. The lowest BCUT2D eigenvalue weighted by molar-refractivity contribution is 0.669. The van der Waals surface area contributed by atoms with E-state index in [4.69, 9.17) is 14.4 Å². The van der Waals surface area contributed by atoms with Crippen LogP contribution in [-0.2, 0) is 0 Å². The molecule has 0 aliphatic carbocycles. The van der Waals surface area contributed by atoms with Crippen molar-refractivity contribution in [3.63, 3.8) is 0 Å². The molecule has 0 saturated heterocycles. The highest BCUT2D eigenvalue weighted by Gasteiger charge is 2.21. The highest BCUT2D eigenvalue weighted by molar-refractivity contribution is 6.30. The maximum atomic E-state index is 6.52. The van der Waals surface area contributed by atoms with Gasteiger partial charge in [0.2, 0.25) is 0 Å². The first kappa shape index (κ1) is 26.2. The van der Waals surface area contributed by atoms with Crippen LogP contribution in [0, 0.1) is 0 Å². The molecule has 8 aromatic carbocycles. The summed E-state index contributed by atoms with van der Waals surface area (Å²) in [6.07, 6.45) is 0. The molecular weight excluding hydrogens is 611 g/mol. The number of rotatable bonds is 2. The third-order valence-electron chi connectivity index (χ3n) is 10.7. The first-order valence-corrected chi connectivity index (χ1v) is 17.0. The molecule has 230 valence electrons. The van der Waals surface area contributed by atoms with E-state index >= 15 is 0 Å². The Kier molecular flexibility index (Phi) is 4.94. The van der Waals surface area contributed by atoms with Crippen LogP contribution in [0.4, 0.5) is 0 Å². The Morgan fingerprint density at radius 2 is 1.08 bits per heavy atom.